The summed E-state index contributed by atoms with van der Waals surface area (Å²) in [5, 5.41) is 13.8. The van der Waals surface area contributed by atoms with Gasteiger partial charge >= 0.3 is 5.97 Å². The first-order valence-corrected chi connectivity index (χ1v) is 5.20. The van der Waals surface area contributed by atoms with Crippen LogP contribution >= 0.6 is 11.3 Å². The quantitative estimate of drug-likeness (QED) is 0.826. The molecule has 0 bridgehead atoms. The van der Waals surface area contributed by atoms with E-state index in [1.807, 2.05) is 0 Å². The number of aromatic nitrogens is 3. The molecule has 16 heavy (non-hydrogen) atoms. The first-order valence-electron chi connectivity index (χ1n) is 4.26. The van der Waals surface area contributed by atoms with Crippen molar-refractivity contribution in [3.63, 3.8) is 0 Å². The van der Waals surface area contributed by atoms with Gasteiger partial charge in [-0.15, -0.1) is 11.3 Å². The lowest BCUT2D eigenvalue weighted by molar-refractivity contribution is -0.142. The number of carboxylic acid groups (broad SMARTS) is 1. The number of aliphatic carboxylic acids is 1. The van der Waals surface area contributed by atoms with Crippen LogP contribution in [0.3, 0.4) is 0 Å². The average Bonchev–Trinajstić information content (AvgIpc) is 2.85. The summed E-state index contributed by atoms with van der Waals surface area (Å²) in [7, 11) is 0. The fourth-order valence-electron chi connectivity index (χ4n) is 0.966. The van der Waals surface area contributed by atoms with Crippen LogP contribution in [-0.4, -0.2) is 32.8 Å². The van der Waals surface area contributed by atoms with E-state index in [0.717, 1.165) is 0 Å². The molecule has 2 heterocycles. The third kappa shape index (κ3) is 2.61. The van der Waals surface area contributed by atoms with Gasteiger partial charge < -0.3 is 14.4 Å². The summed E-state index contributed by atoms with van der Waals surface area (Å²) in [5.74, 6) is -0.446. The van der Waals surface area contributed by atoms with Crippen LogP contribution in [0.1, 0.15) is 5.89 Å². The van der Waals surface area contributed by atoms with Crippen molar-refractivity contribution in [3.8, 4) is 11.5 Å². The van der Waals surface area contributed by atoms with Crippen LogP contribution in [0.2, 0.25) is 0 Å². The minimum absolute atomic E-state index is 0.0244. The van der Waals surface area contributed by atoms with Crippen LogP contribution in [0.5, 0.6) is 0 Å². The van der Waals surface area contributed by atoms with Gasteiger partial charge in [0, 0.05) is 5.38 Å². The molecule has 84 valence electrons. The highest BCUT2D eigenvalue weighted by atomic mass is 32.1. The molecule has 0 aliphatic carbocycles. The first kappa shape index (κ1) is 10.7. The Hall–Kier alpha value is -1.80. The molecule has 2 rings (SSSR count). The fourth-order valence-corrected chi connectivity index (χ4v) is 1.50. The normalized spacial score (nSPS) is 10.5. The third-order valence-electron chi connectivity index (χ3n) is 1.58. The third-order valence-corrected chi connectivity index (χ3v) is 2.17. The summed E-state index contributed by atoms with van der Waals surface area (Å²) in [6.07, 6.45) is 0. The molecule has 0 aliphatic heterocycles. The van der Waals surface area contributed by atoms with Crippen molar-refractivity contribution in [3.05, 3.63) is 16.8 Å². The van der Waals surface area contributed by atoms with Crippen LogP contribution in [0, 0.1) is 0 Å². The molecule has 0 aromatic carbocycles. The zero-order chi connectivity index (χ0) is 11.4. The van der Waals surface area contributed by atoms with Crippen molar-refractivity contribution < 1.29 is 19.2 Å². The Bertz CT molecular complexity index is 467. The van der Waals surface area contributed by atoms with Gasteiger partial charge in [0.2, 0.25) is 5.82 Å². The molecule has 0 aliphatic rings. The van der Waals surface area contributed by atoms with Crippen LogP contribution < -0.4 is 0 Å². The molecule has 0 saturated heterocycles. The smallest absolute Gasteiger partial charge is 0.329 e. The minimum Gasteiger partial charge on any atom is -0.480 e. The highest BCUT2D eigenvalue weighted by Gasteiger charge is 2.10. The van der Waals surface area contributed by atoms with E-state index < -0.39 is 12.6 Å². The Morgan fingerprint density at radius 3 is 3.19 bits per heavy atom. The lowest BCUT2D eigenvalue weighted by Gasteiger charge is -1.93. The maximum absolute atomic E-state index is 10.2. The van der Waals surface area contributed by atoms with Crippen molar-refractivity contribution >= 4 is 17.3 Å². The van der Waals surface area contributed by atoms with E-state index in [2.05, 4.69) is 15.1 Å². The van der Waals surface area contributed by atoms with E-state index in [1.54, 1.807) is 10.9 Å². The van der Waals surface area contributed by atoms with Gasteiger partial charge in [0.1, 0.15) is 18.9 Å². The molecule has 8 heteroatoms. The summed E-state index contributed by atoms with van der Waals surface area (Å²) in [6, 6.07) is 0. The Balaban J connectivity index is 1.95. The standard InChI is InChI=1S/C8H7N3O4S/c12-7(13)2-14-1-6-10-8(11-15-6)5-3-16-4-9-5/h3-4H,1-2H2,(H,12,13). The Labute approximate surface area is 93.7 Å². The molecule has 0 radical (unpaired) electrons. The van der Waals surface area contributed by atoms with Gasteiger partial charge in [-0.2, -0.15) is 4.98 Å². The van der Waals surface area contributed by atoms with E-state index in [0.29, 0.717) is 11.5 Å². The number of hydrogen-bond acceptors (Lipinski definition) is 7. The van der Waals surface area contributed by atoms with Gasteiger partial charge in [0.25, 0.3) is 5.89 Å². The maximum Gasteiger partial charge on any atom is 0.329 e. The molecular weight excluding hydrogens is 234 g/mol. The maximum atomic E-state index is 10.2. The highest BCUT2D eigenvalue weighted by Crippen LogP contribution is 2.15. The molecule has 1 N–H and O–H groups in total. The number of thiazole rings is 1. The van der Waals surface area contributed by atoms with Gasteiger partial charge in [0.15, 0.2) is 0 Å². The summed E-state index contributed by atoms with van der Waals surface area (Å²) < 4.78 is 9.65. The van der Waals surface area contributed by atoms with E-state index in [9.17, 15) is 4.79 Å². The first-order chi connectivity index (χ1) is 7.75. The second kappa shape index (κ2) is 4.81. The predicted molar refractivity (Wildman–Crippen MR) is 52.7 cm³/mol. The number of rotatable bonds is 5. The molecule has 0 amide bonds. The van der Waals surface area contributed by atoms with Gasteiger partial charge in [-0.1, -0.05) is 5.16 Å². The van der Waals surface area contributed by atoms with Crippen LogP contribution in [-0.2, 0) is 16.1 Å². The highest BCUT2D eigenvalue weighted by molar-refractivity contribution is 7.07. The van der Waals surface area contributed by atoms with Crippen LogP contribution in [0.15, 0.2) is 15.4 Å². The van der Waals surface area contributed by atoms with Crippen molar-refractivity contribution in [2.45, 2.75) is 6.61 Å². The molecule has 2 aromatic heterocycles. The fraction of sp³-hybridized carbons (Fsp3) is 0.250. The molecule has 0 fully saturated rings. The van der Waals surface area contributed by atoms with E-state index >= 15 is 0 Å². The minimum atomic E-state index is -1.04. The topological polar surface area (TPSA) is 98.3 Å². The largest absolute Gasteiger partial charge is 0.480 e. The van der Waals surface area contributed by atoms with Crippen molar-refractivity contribution in [1.29, 1.82) is 0 Å². The molecule has 2 aromatic rings. The number of nitrogens with zero attached hydrogens (tertiary/aromatic N) is 3. The number of carboxylic acids is 1. The lowest BCUT2D eigenvalue weighted by Crippen LogP contribution is -2.06. The van der Waals surface area contributed by atoms with Crippen LogP contribution in [0.4, 0.5) is 0 Å². The Morgan fingerprint density at radius 2 is 2.50 bits per heavy atom. The van der Waals surface area contributed by atoms with Crippen LogP contribution in [0.25, 0.3) is 11.5 Å². The zero-order valence-electron chi connectivity index (χ0n) is 7.99. The summed E-state index contributed by atoms with van der Waals surface area (Å²) in [4.78, 5) is 18.2. The molecule has 0 unspecified atom stereocenters. The molecule has 7 nitrogen and oxygen atoms in total. The van der Waals surface area contributed by atoms with Gasteiger partial charge in [0.05, 0.1) is 5.51 Å². The summed E-state index contributed by atoms with van der Waals surface area (Å²) >= 11 is 1.42. The SMILES string of the molecule is O=C(O)COCc1nc(-c2cscn2)no1. The van der Waals surface area contributed by atoms with E-state index in [1.165, 1.54) is 11.3 Å². The second-order valence-electron chi connectivity index (χ2n) is 2.77. The van der Waals surface area contributed by atoms with E-state index in [4.69, 9.17) is 14.4 Å². The molecular formula is C8H7N3O4S. The Morgan fingerprint density at radius 1 is 1.62 bits per heavy atom. The number of hydrogen-bond donors (Lipinski definition) is 1. The van der Waals surface area contributed by atoms with Crippen molar-refractivity contribution in [1.82, 2.24) is 15.1 Å². The molecule has 0 spiro atoms. The number of ether oxygens (including phenoxy) is 1. The average molecular weight is 241 g/mol. The monoisotopic (exact) mass is 241 g/mol. The summed E-state index contributed by atoms with van der Waals surface area (Å²) in [5.41, 5.74) is 2.28. The molecule has 0 saturated carbocycles. The van der Waals surface area contributed by atoms with Gasteiger partial charge in [-0.3, -0.25) is 0 Å². The van der Waals surface area contributed by atoms with Gasteiger partial charge in [-0.05, 0) is 0 Å². The predicted octanol–water partition coefficient (Wildman–Crippen LogP) is 0.794. The van der Waals surface area contributed by atoms with Crippen molar-refractivity contribution in [2.75, 3.05) is 6.61 Å². The number of carbonyl (C=O) groups is 1. The summed E-state index contributed by atoms with van der Waals surface area (Å²) in [6.45, 7) is -0.419. The second-order valence-corrected chi connectivity index (χ2v) is 3.49. The lowest BCUT2D eigenvalue weighted by atomic mass is 10.5. The van der Waals surface area contributed by atoms with Crippen molar-refractivity contribution in [2.24, 2.45) is 0 Å². The Kier molecular flexibility index (Phi) is 3.22. The molecule has 0 atom stereocenters. The zero-order valence-corrected chi connectivity index (χ0v) is 8.81. The van der Waals surface area contributed by atoms with E-state index in [-0.39, 0.29) is 12.5 Å². The van der Waals surface area contributed by atoms with Gasteiger partial charge in [-0.25, -0.2) is 9.78 Å².